The minimum atomic E-state index is -0.807. The van der Waals surface area contributed by atoms with Crippen molar-refractivity contribution in [3.05, 3.63) is 5.82 Å². The van der Waals surface area contributed by atoms with Crippen molar-refractivity contribution in [2.75, 3.05) is 5.75 Å². The first-order chi connectivity index (χ1) is 8.72. The van der Waals surface area contributed by atoms with Crippen LogP contribution in [0, 0.1) is 0 Å². The second kappa shape index (κ2) is 6.22. The molecule has 5 nitrogen and oxygen atoms in total. The molecule has 1 aromatic heterocycles. The maximum absolute atomic E-state index is 10.7. The number of rotatable bonds is 6. The summed E-state index contributed by atoms with van der Waals surface area (Å²) in [6.07, 6.45) is 6.77. The molecule has 6 heteroatoms. The molecule has 1 aliphatic carbocycles. The first-order valence-electron chi connectivity index (χ1n) is 6.50. The number of aromatic nitrogens is 3. The summed E-state index contributed by atoms with van der Waals surface area (Å²) in [5.74, 6) is 0.257. The van der Waals surface area contributed by atoms with Crippen molar-refractivity contribution in [1.29, 1.82) is 0 Å². The van der Waals surface area contributed by atoms with Crippen LogP contribution in [0.2, 0.25) is 0 Å². The van der Waals surface area contributed by atoms with E-state index in [-0.39, 0.29) is 5.75 Å². The van der Waals surface area contributed by atoms with Gasteiger partial charge in [-0.3, -0.25) is 4.79 Å². The number of carboxylic acids is 1. The second-order valence-electron chi connectivity index (χ2n) is 4.64. The minimum Gasteiger partial charge on any atom is -0.481 e. The minimum absolute atomic E-state index is 0.0526. The molecule has 2 rings (SSSR count). The zero-order chi connectivity index (χ0) is 13.0. The fourth-order valence-electron chi connectivity index (χ4n) is 2.46. The van der Waals surface area contributed by atoms with Gasteiger partial charge in [-0.15, -0.1) is 10.2 Å². The van der Waals surface area contributed by atoms with E-state index in [1.54, 1.807) is 0 Å². The number of aryl methyl sites for hydroxylation is 1. The molecule has 1 saturated carbocycles. The maximum atomic E-state index is 10.7. The van der Waals surface area contributed by atoms with Crippen LogP contribution in [-0.4, -0.2) is 31.6 Å². The summed E-state index contributed by atoms with van der Waals surface area (Å²) in [4.78, 5) is 10.7. The van der Waals surface area contributed by atoms with Gasteiger partial charge in [0.2, 0.25) is 0 Å². The Bertz CT molecular complexity index is 413. The van der Waals surface area contributed by atoms with Gasteiger partial charge in [0.15, 0.2) is 5.16 Å². The van der Waals surface area contributed by atoms with Crippen molar-refractivity contribution in [2.45, 2.75) is 56.6 Å². The molecule has 1 aliphatic rings. The second-order valence-corrected chi connectivity index (χ2v) is 5.58. The highest BCUT2D eigenvalue weighted by atomic mass is 32.2. The monoisotopic (exact) mass is 269 g/mol. The number of carbonyl (C=O) groups is 1. The third-order valence-corrected chi connectivity index (χ3v) is 4.15. The lowest BCUT2D eigenvalue weighted by Gasteiger charge is -2.16. The summed E-state index contributed by atoms with van der Waals surface area (Å²) in [6.45, 7) is 2.12. The molecule has 1 fully saturated rings. The Balaban J connectivity index is 2.19. The highest BCUT2D eigenvalue weighted by Gasteiger charge is 2.23. The molecule has 1 aromatic rings. The van der Waals surface area contributed by atoms with E-state index in [0.29, 0.717) is 6.04 Å². The molecular weight excluding hydrogens is 250 g/mol. The zero-order valence-corrected chi connectivity index (χ0v) is 11.4. The van der Waals surface area contributed by atoms with E-state index in [1.165, 1.54) is 24.6 Å². The van der Waals surface area contributed by atoms with Gasteiger partial charge in [0, 0.05) is 12.5 Å². The summed E-state index contributed by atoms with van der Waals surface area (Å²) in [5.41, 5.74) is 0. The molecule has 0 spiro atoms. The van der Waals surface area contributed by atoms with E-state index < -0.39 is 5.97 Å². The van der Waals surface area contributed by atoms with E-state index in [0.717, 1.165) is 36.7 Å². The van der Waals surface area contributed by atoms with Crippen LogP contribution in [0.4, 0.5) is 0 Å². The van der Waals surface area contributed by atoms with Gasteiger partial charge in [-0.2, -0.15) is 0 Å². The molecule has 0 atom stereocenters. The highest BCUT2D eigenvalue weighted by Crippen LogP contribution is 2.33. The van der Waals surface area contributed by atoms with E-state index in [9.17, 15) is 4.79 Å². The molecule has 0 aromatic carbocycles. The average Bonchev–Trinajstić information content (AvgIpc) is 2.95. The van der Waals surface area contributed by atoms with Gasteiger partial charge in [0.25, 0.3) is 0 Å². The number of hydrogen-bond acceptors (Lipinski definition) is 4. The Hall–Kier alpha value is -1.04. The van der Waals surface area contributed by atoms with E-state index in [2.05, 4.69) is 21.7 Å². The molecule has 100 valence electrons. The van der Waals surface area contributed by atoms with Gasteiger partial charge >= 0.3 is 5.97 Å². The van der Waals surface area contributed by atoms with Crippen LogP contribution in [0.5, 0.6) is 0 Å². The normalized spacial score (nSPS) is 16.3. The first kappa shape index (κ1) is 13.4. The molecule has 0 saturated heterocycles. The summed E-state index contributed by atoms with van der Waals surface area (Å²) in [7, 11) is 0. The lowest BCUT2D eigenvalue weighted by Crippen LogP contribution is -2.11. The molecule has 0 radical (unpaired) electrons. The van der Waals surface area contributed by atoms with Gasteiger partial charge in [0.1, 0.15) is 5.82 Å². The van der Waals surface area contributed by atoms with Crippen LogP contribution >= 0.6 is 11.8 Å². The smallest absolute Gasteiger partial charge is 0.313 e. The Morgan fingerprint density at radius 1 is 1.44 bits per heavy atom. The Morgan fingerprint density at radius 3 is 2.78 bits per heavy atom. The molecule has 1 heterocycles. The van der Waals surface area contributed by atoms with Crippen LogP contribution in [0.15, 0.2) is 5.16 Å². The maximum Gasteiger partial charge on any atom is 0.313 e. The van der Waals surface area contributed by atoms with Crippen LogP contribution in [-0.2, 0) is 11.2 Å². The van der Waals surface area contributed by atoms with E-state index >= 15 is 0 Å². The third kappa shape index (κ3) is 3.04. The number of thioether (sulfide) groups is 1. The molecule has 0 amide bonds. The predicted octanol–water partition coefficient (Wildman–Crippen LogP) is 2.52. The molecule has 18 heavy (non-hydrogen) atoms. The van der Waals surface area contributed by atoms with Gasteiger partial charge < -0.3 is 9.67 Å². The van der Waals surface area contributed by atoms with Crippen molar-refractivity contribution in [1.82, 2.24) is 14.8 Å². The van der Waals surface area contributed by atoms with Gasteiger partial charge in [0.05, 0.1) is 5.75 Å². The molecule has 0 aliphatic heterocycles. The lowest BCUT2D eigenvalue weighted by atomic mass is 10.2. The Kier molecular flexibility index (Phi) is 4.63. The Labute approximate surface area is 111 Å². The molecular formula is C12H19N3O2S. The van der Waals surface area contributed by atoms with Crippen molar-refractivity contribution >= 4 is 17.7 Å². The SMILES string of the molecule is CCCc1nnc(SCC(=O)O)n1C1CCCC1. The quantitative estimate of drug-likeness (QED) is 0.804. The standard InChI is InChI=1S/C12H19N3O2S/c1-2-5-10-13-14-12(18-8-11(16)17)15(10)9-6-3-4-7-9/h9H,2-8H2,1H3,(H,16,17). The van der Waals surface area contributed by atoms with Crippen molar-refractivity contribution in [2.24, 2.45) is 0 Å². The van der Waals surface area contributed by atoms with Gasteiger partial charge in [-0.1, -0.05) is 31.5 Å². The summed E-state index contributed by atoms with van der Waals surface area (Å²) < 4.78 is 2.18. The fourth-order valence-corrected chi connectivity index (χ4v) is 3.20. The van der Waals surface area contributed by atoms with E-state index in [1.807, 2.05) is 0 Å². The number of aliphatic carboxylic acids is 1. The van der Waals surface area contributed by atoms with Crippen molar-refractivity contribution < 1.29 is 9.90 Å². The number of carboxylic acid groups (broad SMARTS) is 1. The summed E-state index contributed by atoms with van der Waals surface area (Å²) in [5, 5.41) is 17.9. The van der Waals surface area contributed by atoms with Crippen molar-refractivity contribution in [3.63, 3.8) is 0 Å². The summed E-state index contributed by atoms with van der Waals surface area (Å²) >= 11 is 1.28. The highest BCUT2D eigenvalue weighted by molar-refractivity contribution is 7.99. The van der Waals surface area contributed by atoms with Crippen LogP contribution in [0.1, 0.15) is 50.9 Å². The van der Waals surface area contributed by atoms with Crippen LogP contribution in [0.25, 0.3) is 0 Å². The largest absolute Gasteiger partial charge is 0.481 e. The first-order valence-corrected chi connectivity index (χ1v) is 7.49. The summed E-state index contributed by atoms with van der Waals surface area (Å²) in [6, 6.07) is 0.470. The van der Waals surface area contributed by atoms with Crippen molar-refractivity contribution in [3.8, 4) is 0 Å². The Morgan fingerprint density at radius 2 is 2.17 bits per heavy atom. The average molecular weight is 269 g/mol. The zero-order valence-electron chi connectivity index (χ0n) is 10.6. The van der Waals surface area contributed by atoms with Crippen LogP contribution < -0.4 is 0 Å². The predicted molar refractivity (Wildman–Crippen MR) is 69.9 cm³/mol. The topological polar surface area (TPSA) is 68.0 Å². The number of nitrogens with zero attached hydrogens (tertiary/aromatic N) is 3. The van der Waals surface area contributed by atoms with Crippen LogP contribution in [0.3, 0.4) is 0 Å². The third-order valence-electron chi connectivity index (χ3n) is 3.22. The van der Waals surface area contributed by atoms with Gasteiger partial charge in [-0.25, -0.2) is 0 Å². The van der Waals surface area contributed by atoms with Gasteiger partial charge in [-0.05, 0) is 19.3 Å². The number of hydrogen-bond donors (Lipinski definition) is 1. The molecule has 0 unspecified atom stereocenters. The lowest BCUT2D eigenvalue weighted by molar-refractivity contribution is -0.133. The fraction of sp³-hybridized carbons (Fsp3) is 0.750. The van der Waals surface area contributed by atoms with E-state index in [4.69, 9.17) is 5.11 Å². The molecule has 1 N–H and O–H groups in total. The molecule has 0 bridgehead atoms.